The summed E-state index contributed by atoms with van der Waals surface area (Å²) in [5.74, 6) is -1.84. The van der Waals surface area contributed by atoms with E-state index in [1.807, 2.05) is 0 Å². The number of aromatic nitrogens is 1. The molecule has 0 unspecified atom stereocenters. The molecule has 0 bridgehead atoms. The molecule has 0 saturated carbocycles. The Hall–Kier alpha value is -3.66. The van der Waals surface area contributed by atoms with Crippen molar-refractivity contribution in [1.82, 2.24) is 4.98 Å². The largest absolute Gasteiger partial charge is 0.465 e. The maximum Gasteiger partial charge on any atom is 0.339 e. The second-order valence-corrected chi connectivity index (χ2v) is 8.79. The molecule has 0 aliphatic heterocycles. The normalized spacial score (nSPS) is 11.2. The number of para-hydroxylation sites is 1. The summed E-state index contributed by atoms with van der Waals surface area (Å²) < 4.78 is 46.6. The highest BCUT2D eigenvalue weighted by atomic mass is 32.2. The van der Waals surface area contributed by atoms with Crippen molar-refractivity contribution in [3.63, 3.8) is 0 Å². The van der Waals surface area contributed by atoms with Gasteiger partial charge in [-0.05, 0) is 56.2 Å². The van der Waals surface area contributed by atoms with Gasteiger partial charge in [0.05, 0.1) is 23.3 Å². The summed E-state index contributed by atoms with van der Waals surface area (Å²) in [7, 11) is -2.88. The van der Waals surface area contributed by atoms with Gasteiger partial charge in [0, 0.05) is 11.4 Å². The molecule has 3 aromatic rings. The van der Waals surface area contributed by atoms with Gasteiger partial charge in [0.25, 0.3) is 15.9 Å². The fraction of sp³-hybridized carbons (Fsp3) is 0.182. The van der Waals surface area contributed by atoms with Crippen LogP contribution in [-0.2, 0) is 14.8 Å². The molecule has 0 saturated heterocycles. The number of hydrogen-bond acceptors (Lipinski definition) is 5. The van der Waals surface area contributed by atoms with Crippen LogP contribution in [0.15, 0.2) is 47.4 Å². The van der Waals surface area contributed by atoms with Crippen LogP contribution >= 0.6 is 0 Å². The van der Waals surface area contributed by atoms with Crippen LogP contribution in [0.5, 0.6) is 0 Å². The number of sulfonamides is 1. The lowest BCUT2D eigenvalue weighted by atomic mass is 10.1. The van der Waals surface area contributed by atoms with E-state index in [1.54, 1.807) is 26.8 Å². The van der Waals surface area contributed by atoms with E-state index in [2.05, 4.69) is 15.0 Å². The Morgan fingerprint density at radius 2 is 1.75 bits per heavy atom. The highest BCUT2D eigenvalue weighted by molar-refractivity contribution is 7.92. The fourth-order valence-corrected chi connectivity index (χ4v) is 4.63. The molecule has 1 amide bonds. The lowest BCUT2D eigenvalue weighted by molar-refractivity contribution is 0.0599. The van der Waals surface area contributed by atoms with Crippen LogP contribution in [0, 0.1) is 26.6 Å². The zero-order valence-electron chi connectivity index (χ0n) is 17.9. The topological polar surface area (TPSA) is 117 Å². The average molecular weight is 459 g/mol. The summed E-state index contributed by atoms with van der Waals surface area (Å²) in [5.41, 5.74) is 1.73. The number of carbonyl (C=O) groups is 2. The molecule has 0 aliphatic carbocycles. The number of methoxy groups -OCH3 is 1. The second kappa shape index (κ2) is 8.83. The number of ether oxygens (including phenoxy) is 1. The summed E-state index contributed by atoms with van der Waals surface area (Å²) in [6.07, 6.45) is 0. The SMILES string of the molecule is COC(=O)c1c(C)[nH]c(C(=O)Nc2ccc(C)c(S(=O)(=O)Nc3ccccc3F)c2)c1C. The number of aromatic amines is 1. The number of anilines is 2. The van der Waals surface area contributed by atoms with Crippen LogP contribution in [0.3, 0.4) is 0 Å². The monoisotopic (exact) mass is 459 g/mol. The first-order chi connectivity index (χ1) is 15.0. The highest BCUT2D eigenvalue weighted by Gasteiger charge is 2.24. The van der Waals surface area contributed by atoms with Crippen LogP contribution in [0.25, 0.3) is 0 Å². The molecule has 10 heteroatoms. The number of halogens is 1. The minimum absolute atomic E-state index is 0.117. The van der Waals surface area contributed by atoms with Crippen molar-refractivity contribution in [3.8, 4) is 0 Å². The van der Waals surface area contributed by atoms with Crippen molar-refractivity contribution in [3.05, 3.63) is 76.4 Å². The maximum atomic E-state index is 13.9. The summed E-state index contributed by atoms with van der Waals surface area (Å²) in [6, 6.07) is 9.76. The first-order valence-electron chi connectivity index (χ1n) is 9.52. The van der Waals surface area contributed by atoms with E-state index in [0.29, 0.717) is 16.8 Å². The molecule has 1 heterocycles. The van der Waals surface area contributed by atoms with Gasteiger partial charge in [0.1, 0.15) is 11.5 Å². The number of nitrogens with one attached hydrogen (secondary N) is 3. The molecule has 0 fully saturated rings. The number of benzene rings is 2. The number of carbonyl (C=O) groups excluding carboxylic acids is 2. The van der Waals surface area contributed by atoms with Crippen LogP contribution < -0.4 is 10.0 Å². The molecule has 8 nitrogen and oxygen atoms in total. The van der Waals surface area contributed by atoms with Crippen LogP contribution in [0.2, 0.25) is 0 Å². The number of aryl methyl sites for hydroxylation is 2. The van der Waals surface area contributed by atoms with Crippen molar-refractivity contribution in [2.45, 2.75) is 25.7 Å². The van der Waals surface area contributed by atoms with Crippen molar-refractivity contribution < 1.29 is 27.1 Å². The van der Waals surface area contributed by atoms with Gasteiger partial charge in [-0.2, -0.15) is 0 Å². The summed E-state index contributed by atoms with van der Waals surface area (Å²) >= 11 is 0. The predicted molar refractivity (Wildman–Crippen MR) is 118 cm³/mol. The van der Waals surface area contributed by atoms with Gasteiger partial charge in [-0.1, -0.05) is 18.2 Å². The standard InChI is InChI=1S/C22H22FN3O5S/c1-12-9-10-15(11-18(12)32(29,30)26-17-8-6-5-7-16(17)23)25-21(27)20-13(2)19(14(3)24-20)22(28)31-4/h5-11,24,26H,1-4H3,(H,25,27). The predicted octanol–water partition coefficient (Wildman–Crippen LogP) is 3.92. The minimum Gasteiger partial charge on any atom is -0.465 e. The molecule has 2 aromatic carbocycles. The van der Waals surface area contributed by atoms with Gasteiger partial charge in [0.15, 0.2) is 0 Å². The van der Waals surface area contributed by atoms with Gasteiger partial charge < -0.3 is 15.0 Å². The lowest BCUT2D eigenvalue weighted by Crippen LogP contribution is -2.17. The third kappa shape index (κ3) is 4.50. The molecule has 3 rings (SSSR count). The molecule has 168 valence electrons. The quantitative estimate of drug-likeness (QED) is 0.483. The zero-order valence-corrected chi connectivity index (χ0v) is 18.7. The summed E-state index contributed by atoms with van der Waals surface area (Å²) in [6.45, 7) is 4.83. The highest BCUT2D eigenvalue weighted by Crippen LogP contribution is 2.25. The average Bonchev–Trinajstić information content (AvgIpc) is 3.04. The van der Waals surface area contributed by atoms with E-state index < -0.39 is 27.7 Å². The van der Waals surface area contributed by atoms with E-state index in [1.165, 1.54) is 37.4 Å². The van der Waals surface area contributed by atoms with Gasteiger partial charge in [-0.15, -0.1) is 0 Å². The van der Waals surface area contributed by atoms with Crippen molar-refractivity contribution in [2.75, 3.05) is 17.1 Å². The van der Waals surface area contributed by atoms with E-state index in [-0.39, 0.29) is 27.5 Å². The molecule has 0 atom stereocenters. The Balaban J connectivity index is 1.90. The Kier molecular flexibility index (Phi) is 6.35. The first kappa shape index (κ1) is 23.0. The Labute approximate surface area is 184 Å². The van der Waals surface area contributed by atoms with Crippen LogP contribution in [0.4, 0.5) is 15.8 Å². The lowest BCUT2D eigenvalue weighted by Gasteiger charge is -2.13. The van der Waals surface area contributed by atoms with E-state index in [0.717, 1.165) is 6.07 Å². The Morgan fingerprint density at radius 3 is 2.41 bits per heavy atom. The maximum absolute atomic E-state index is 13.9. The second-order valence-electron chi connectivity index (χ2n) is 7.14. The molecule has 0 spiro atoms. The number of hydrogen-bond donors (Lipinski definition) is 3. The first-order valence-corrected chi connectivity index (χ1v) is 11.0. The van der Waals surface area contributed by atoms with E-state index >= 15 is 0 Å². The number of H-pyrrole nitrogens is 1. The molecular formula is C22H22FN3O5S. The van der Waals surface area contributed by atoms with Crippen LogP contribution in [0.1, 0.15) is 37.7 Å². The Bertz CT molecular complexity index is 1320. The smallest absolute Gasteiger partial charge is 0.339 e. The number of esters is 1. The van der Waals surface area contributed by atoms with E-state index in [4.69, 9.17) is 4.74 Å². The molecule has 0 aliphatic rings. The fourth-order valence-electron chi connectivity index (χ4n) is 3.29. The van der Waals surface area contributed by atoms with E-state index in [9.17, 15) is 22.4 Å². The number of rotatable bonds is 6. The van der Waals surface area contributed by atoms with Gasteiger partial charge in [-0.3, -0.25) is 9.52 Å². The molecule has 3 N–H and O–H groups in total. The van der Waals surface area contributed by atoms with Gasteiger partial charge >= 0.3 is 5.97 Å². The molecule has 32 heavy (non-hydrogen) atoms. The van der Waals surface area contributed by atoms with Gasteiger partial charge in [-0.25, -0.2) is 17.6 Å². The third-order valence-corrected chi connectivity index (χ3v) is 6.42. The summed E-state index contributed by atoms with van der Waals surface area (Å²) in [4.78, 5) is 27.5. The minimum atomic E-state index is -4.13. The summed E-state index contributed by atoms with van der Waals surface area (Å²) in [5, 5.41) is 2.62. The molecule has 0 radical (unpaired) electrons. The van der Waals surface area contributed by atoms with Gasteiger partial charge in [0.2, 0.25) is 0 Å². The van der Waals surface area contributed by atoms with Crippen molar-refractivity contribution in [2.24, 2.45) is 0 Å². The molecular weight excluding hydrogens is 437 g/mol. The zero-order chi connectivity index (χ0) is 23.6. The van der Waals surface area contributed by atoms with Crippen molar-refractivity contribution >= 4 is 33.3 Å². The molecule has 1 aromatic heterocycles. The van der Waals surface area contributed by atoms with Crippen molar-refractivity contribution in [1.29, 1.82) is 0 Å². The van der Waals surface area contributed by atoms with Crippen LogP contribution in [-0.4, -0.2) is 32.4 Å². The Morgan fingerprint density at radius 1 is 1.06 bits per heavy atom. The third-order valence-electron chi connectivity index (χ3n) is 4.91. The number of amides is 1.